The minimum atomic E-state index is -4.49. The molecule has 2 aromatic heterocycles. The minimum absolute atomic E-state index is 0.0112. The fourth-order valence-corrected chi connectivity index (χ4v) is 4.98. The van der Waals surface area contributed by atoms with Crippen LogP contribution in [0.2, 0.25) is 0 Å². The second-order valence-corrected chi connectivity index (χ2v) is 9.53. The Hall–Kier alpha value is -5.40. The highest BCUT2D eigenvalue weighted by molar-refractivity contribution is 6.06. The summed E-state index contributed by atoms with van der Waals surface area (Å²) in [4.78, 5) is 46.7. The largest absolute Gasteiger partial charge is 0.465 e. The van der Waals surface area contributed by atoms with E-state index in [4.69, 9.17) is 5.73 Å². The standard InChI is InChI=1S/C28H24F3N7O4/c1-37-21-10-12-38(27(41)42)24(39)22(21)19(23(37)20-9-11-33-25(32)36-20)14-15-3-2-4-18(13-15)35-26(40)34-17-7-5-16(6-8-17)28(29,30)31/h2-9,11,13H,10,12,14H2,1H3,(H,41,42)(H2,32,33,36)(H2,34,35,40). The van der Waals surface area contributed by atoms with Crippen LogP contribution in [0.25, 0.3) is 11.4 Å². The summed E-state index contributed by atoms with van der Waals surface area (Å²) in [7, 11) is 1.77. The Morgan fingerprint density at radius 1 is 1.07 bits per heavy atom. The first-order valence-electron chi connectivity index (χ1n) is 12.6. The maximum atomic E-state index is 13.3. The number of halogens is 3. The van der Waals surface area contributed by atoms with Gasteiger partial charge in [-0.15, -0.1) is 0 Å². The number of nitrogens with two attached hydrogens (primary N) is 1. The lowest BCUT2D eigenvalue weighted by atomic mass is 9.95. The molecule has 2 aromatic carbocycles. The number of urea groups is 1. The van der Waals surface area contributed by atoms with E-state index in [2.05, 4.69) is 20.6 Å². The molecule has 4 aromatic rings. The van der Waals surface area contributed by atoms with Crippen LogP contribution >= 0.6 is 0 Å². The van der Waals surface area contributed by atoms with Gasteiger partial charge in [-0.1, -0.05) is 12.1 Å². The number of hydrogen-bond donors (Lipinski definition) is 4. The lowest BCUT2D eigenvalue weighted by molar-refractivity contribution is -0.137. The van der Waals surface area contributed by atoms with Crippen molar-refractivity contribution >= 4 is 35.4 Å². The average molecular weight is 580 g/mol. The molecule has 0 fully saturated rings. The van der Waals surface area contributed by atoms with Gasteiger partial charge in [0.05, 0.1) is 22.5 Å². The number of aromatic nitrogens is 3. The van der Waals surface area contributed by atoms with E-state index in [0.717, 1.165) is 29.2 Å². The highest BCUT2D eigenvalue weighted by Crippen LogP contribution is 2.36. The van der Waals surface area contributed by atoms with E-state index in [-0.39, 0.29) is 30.2 Å². The zero-order valence-corrected chi connectivity index (χ0v) is 22.1. The van der Waals surface area contributed by atoms with Gasteiger partial charge in [-0.2, -0.15) is 13.2 Å². The highest BCUT2D eigenvalue weighted by atomic mass is 19.4. The van der Waals surface area contributed by atoms with Crippen molar-refractivity contribution in [2.75, 3.05) is 22.9 Å². The maximum Gasteiger partial charge on any atom is 0.416 e. The van der Waals surface area contributed by atoms with E-state index in [0.29, 0.717) is 40.3 Å². The molecule has 0 spiro atoms. The molecule has 0 aliphatic carbocycles. The van der Waals surface area contributed by atoms with E-state index in [1.165, 1.54) is 6.20 Å². The Bertz CT molecular complexity index is 1700. The topological polar surface area (TPSA) is 155 Å². The maximum absolute atomic E-state index is 13.3. The van der Waals surface area contributed by atoms with E-state index < -0.39 is 29.8 Å². The molecule has 0 atom stereocenters. The number of carbonyl (C=O) groups is 3. The van der Waals surface area contributed by atoms with Crippen molar-refractivity contribution in [1.29, 1.82) is 0 Å². The predicted octanol–water partition coefficient (Wildman–Crippen LogP) is 4.99. The van der Waals surface area contributed by atoms with E-state index in [1.54, 1.807) is 37.4 Å². The van der Waals surface area contributed by atoms with Gasteiger partial charge in [-0.05, 0) is 53.6 Å². The highest BCUT2D eigenvalue weighted by Gasteiger charge is 2.36. The predicted molar refractivity (Wildman–Crippen MR) is 147 cm³/mol. The third-order valence-electron chi connectivity index (χ3n) is 6.83. The monoisotopic (exact) mass is 579 g/mol. The first-order valence-corrected chi connectivity index (χ1v) is 12.6. The quantitative estimate of drug-likeness (QED) is 0.259. The van der Waals surface area contributed by atoms with E-state index in [1.807, 2.05) is 4.57 Å². The Labute approximate surface area is 236 Å². The van der Waals surface area contributed by atoms with Gasteiger partial charge in [-0.3, -0.25) is 4.79 Å². The number of nitrogens with one attached hydrogen (secondary N) is 2. The fourth-order valence-electron chi connectivity index (χ4n) is 4.98. The SMILES string of the molecule is Cn1c2c(c(Cc3cccc(NC(=O)Nc4ccc(C(F)(F)F)cc4)c3)c1-c1ccnc(N)n1)C(=O)N(C(=O)O)CC2. The van der Waals surface area contributed by atoms with Crippen LogP contribution in [0.15, 0.2) is 60.8 Å². The molecule has 4 amide bonds. The number of anilines is 3. The molecule has 216 valence electrons. The molecule has 14 heteroatoms. The summed E-state index contributed by atoms with van der Waals surface area (Å²) >= 11 is 0. The van der Waals surface area contributed by atoms with Crippen molar-refractivity contribution in [2.45, 2.75) is 19.0 Å². The number of carbonyl (C=O) groups excluding carboxylic acids is 2. The van der Waals surface area contributed by atoms with Crippen molar-refractivity contribution in [3.05, 3.63) is 88.7 Å². The summed E-state index contributed by atoms with van der Waals surface area (Å²) < 4.78 is 40.2. The van der Waals surface area contributed by atoms with Gasteiger partial charge in [0.15, 0.2) is 0 Å². The molecular weight excluding hydrogens is 555 g/mol. The summed E-state index contributed by atoms with van der Waals surface area (Å²) in [5.41, 5.74) is 8.71. The molecule has 0 bridgehead atoms. The molecule has 11 nitrogen and oxygen atoms in total. The number of hydrogen-bond acceptors (Lipinski definition) is 6. The molecule has 0 saturated carbocycles. The van der Waals surface area contributed by atoms with Crippen LogP contribution in [0.1, 0.15) is 32.7 Å². The third kappa shape index (κ3) is 5.59. The first kappa shape index (κ1) is 28.1. The van der Waals surface area contributed by atoms with E-state index in [9.17, 15) is 32.7 Å². The first-order chi connectivity index (χ1) is 19.9. The number of nitrogen functional groups attached to an aromatic ring is 1. The second kappa shape index (κ2) is 10.9. The second-order valence-electron chi connectivity index (χ2n) is 9.53. The van der Waals surface area contributed by atoms with Crippen molar-refractivity contribution in [3.63, 3.8) is 0 Å². The van der Waals surface area contributed by atoms with Gasteiger partial charge >= 0.3 is 18.3 Å². The number of fused-ring (bicyclic) bond motifs is 1. The van der Waals surface area contributed by atoms with Crippen LogP contribution in [-0.2, 0) is 26.1 Å². The number of alkyl halides is 3. The number of imide groups is 1. The zero-order valence-electron chi connectivity index (χ0n) is 22.1. The Kier molecular flexibility index (Phi) is 7.29. The molecule has 1 aliphatic heterocycles. The Balaban J connectivity index is 1.44. The van der Waals surface area contributed by atoms with Crippen LogP contribution < -0.4 is 16.4 Å². The van der Waals surface area contributed by atoms with E-state index >= 15 is 0 Å². The van der Waals surface area contributed by atoms with Crippen molar-refractivity contribution in [2.24, 2.45) is 7.05 Å². The number of amides is 4. The minimum Gasteiger partial charge on any atom is -0.465 e. The smallest absolute Gasteiger partial charge is 0.416 e. The summed E-state index contributed by atoms with van der Waals surface area (Å²) in [5, 5.41) is 14.7. The Morgan fingerprint density at radius 2 is 1.79 bits per heavy atom. The summed E-state index contributed by atoms with van der Waals surface area (Å²) in [5.74, 6) is -0.616. The van der Waals surface area contributed by atoms with Gasteiger partial charge in [0.2, 0.25) is 5.95 Å². The van der Waals surface area contributed by atoms with Crippen LogP contribution in [0.5, 0.6) is 0 Å². The normalized spacial score (nSPS) is 13.0. The van der Waals surface area contributed by atoms with Crippen LogP contribution in [0.4, 0.5) is 40.1 Å². The lowest BCUT2D eigenvalue weighted by Gasteiger charge is -2.23. The summed E-state index contributed by atoms with van der Waals surface area (Å²) in [6.45, 7) is 0.0112. The van der Waals surface area contributed by atoms with Crippen molar-refractivity contribution in [3.8, 4) is 11.4 Å². The molecule has 0 unspecified atom stereocenters. The molecule has 0 radical (unpaired) electrons. The van der Waals surface area contributed by atoms with Gasteiger partial charge < -0.3 is 26.0 Å². The molecule has 0 saturated heterocycles. The van der Waals surface area contributed by atoms with Gasteiger partial charge in [-0.25, -0.2) is 24.5 Å². The van der Waals surface area contributed by atoms with Gasteiger partial charge in [0.1, 0.15) is 0 Å². The van der Waals surface area contributed by atoms with Crippen molar-refractivity contribution < 1.29 is 32.7 Å². The van der Waals surface area contributed by atoms with Crippen LogP contribution in [0, 0.1) is 0 Å². The average Bonchev–Trinajstić information content (AvgIpc) is 3.20. The number of carboxylic acid groups (broad SMARTS) is 1. The zero-order chi connectivity index (χ0) is 30.2. The fraction of sp³-hybridized carbons (Fsp3) is 0.179. The molecule has 42 heavy (non-hydrogen) atoms. The van der Waals surface area contributed by atoms with Crippen LogP contribution in [-0.4, -0.2) is 49.1 Å². The lowest BCUT2D eigenvalue weighted by Crippen LogP contribution is -2.41. The third-order valence-corrected chi connectivity index (χ3v) is 6.83. The van der Waals surface area contributed by atoms with Gasteiger partial charge in [0, 0.05) is 49.7 Å². The number of nitrogens with zero attached hydrogens (tertiary/aromatic N) is 4. The molecular formula is C28H24F3N7O4. The molecule has 5 N–H and O–H groups in total. The van der Waals surface area contributed by atoms with Crippen LogP contribution in [0.3, 0.4) is 0 Å². The van der Waals surface area contributed by atoms with Gasteiger partial charge in [0.25, 0.3) is 5.91 Å². The molecule has 1 aliphatic rings. The Morgan fingerprint density at radius 3 is 2.45 bits per heavy atom. The molecule has 5 rings (SSSR count). The summed E-state index contributed by atoms with van der Waals surface area (Å²) in [6.07, 6.45) is -3.87. The molecule has 3 heterocycles. The van der Waals surface area contributed by atoms with Crippen molar-refractivity contribution in [1.82, 2.24) is 19.4 Å². The number of rotatable bonds is 5. The summed E-state index contributed by atoms with van der Waals surface area (Å²) in [6, 6.07) is 11.8. The number of benzene rings is 2.